The molecule has 0 saturated heterocycles. The fourth-order valence-electron chi connectivity index (χ4n) is 2.36. The molecule has 0 aliphatic rings. The van der Waals surface area contributed by atoms with E-state index in [2.05, 4.69) is 56.3 Å². The number of fused-ring (bicyclic) bond motifs is 1. The van der Waals surface area contributed by atoms with Crippen molar-refractivity contribution < 1.29 is 0 Å². The lowest BCUT2D eigenvalue weighted by Crippen LogP contribution is -2.17. The molecule has 0 aliphatic carbocycles. The van der Waals surface area contributed by atoms with Crippen molar-refractivity contribution in [2.24, 2.45) is 5.73 Å². The molecule has 0 aliphatic heterocycles. The van der Waals surface area contributed by atoms with Gasteiger partial charge in [0.15, 0.2) is 0 Å². The zero-order chi connectivity index (χ0) is 11.5. The fourth-order valence-corrected chi connectivity index (χ4v) is 2.36. The molecular formula is C15H19N. The van der Waals surface area contributed by atoms with Gasteiger partial charge in [-0.3, -0.25) is 0 Å². The van der Waals surface area contributed by atoms with Crippen molar-refractivity contribution in [3.63, 3.8) is 0 Å². The van der Waals surface area contributed by atoms with Gasteiger partial charge in [0.2, 0.25) is 0 Å². The third kappa shape index (κ3) is 2.25. The van der Waals surface area contributed by atoms with Gasteiger partial charge >= 0.3 is 0 Å². The molecule has 16 heavy (non-hydrogen) atoms. The summed E-state index contributed by atoms with van der Waals surface area (Å²) in [6.45, 7) is 4.33. The number of benzene rings is 2. The number of rotatable bonds is 3. The summed E-state index contributed by atoms with van der Waals surface area (Å²) in [6.07, 6.45) is 1.04. The van der Waals surface area contributed by atoms with Crippen LogP contribution < -0.4 is 5.73 Å². The second-order valence-electron chi connectivity index (χ2n) is 4.68. The van der Waals surface area contributed by atoms with Crippen molar-refractivity contribution in [3.8, 4) is 0 Å². The molecule has 2 aromatic rings. The lowest BCUT2D eigenvalue weighted by Gasteiger charge is -2.16. The Morgan fingerprint density at radius 3 is 2.44 bits per heavy atom. The standard InChI is InChI=1S/C15H19N/c1-11(10-12(2)16)14-9-5-7-13-6-3-4-8-15(13)14/h3-9,11-12H,10,16H2,1-2H3. The molecule has 0 heterocycles. The lowest BCUT2D eigenvalue weighted by molar-refractivity contribution is 0.589. The molecule has 0 aromatic heterocycles. The van der Waals surface area contributed by atoms with E-state index in [0.717, 1.165) is 6.42 Å². The van der Waals surface area contributed by atoms with Crippen LogP contribution in [0.4, 0.5) is 0 Å². The molecule has 2 unspecified atom stereocenters. The smallest absolute Gasteiger partial charge is 0.00162 e. The third-order valence-corrected chi connectivity index (χ3v) is 3.08. The Labute approximate surface area is 97.3 Å². The summed E-state index contributed by atoms with van der Waals surface area (Å²) in [5.74, 6) is 0.520. The van der Waals surface area contributed by atoms with Crippen LogP contribution in [0.25, 0.3) is 10.8 Å². The maximum absolute atomic E-state index is 5.87. The third-order valence-electron chi connectivity index (χ3n) is 3.08. The summed E-state index contributed by atoms with van der Waals surface area (Å²) < 4.78 is 0. The molecule has 2 N–H and O–H groups in total. The van der Waals surface area contributed by atoms with Crippen molar-refractivity contribution >= 4 is 10.8 Å². The largest absolute Gasteiger partial charge is 0.328 e. The van der Waals surface area contributed by atoms with Crippen LogP contribution in [-0.4, -0.2) is 6.04 Å². The quantitative estimate of drug-likeness (QED) is 0.827. The van der Waals surface area contributed by atoms with E-state index in [1.807, 2.05) is 0 Å². The molecule has 0 radical (unpaired) electrons. The summed E-state index contributed by atoms with van der Waals surface area (Å²) in [6, 6.07) is 15.3. The monoisotopic (exact) mass is 213 g/mol. The average molecular weight is 213 g/mol. The van der Waals surface area contributed by atoms with Gasteiger partial charge in [0.1, 0.15) is 0 Å². The normalized spacial score (nSPS) is 14.9. The Morgan fingerprint density at radius 2 is 1.69 bits per heavy atom. The molecule has 0 fully saturated rings. The second-order valence-corrected chi connectivity index (χ2v) is 4.68. The van der Waals surface area contributed by atoms with Gasteiger partial charge in [0, 0.05) is 6.04 Å². The minimum atomic E-state index is 0.258. The van der Waals surface area contributed by atoms with E-state index in [0.29, 0.717) is 5.92 Å². The van der Waals surface area contributed by atoms with Crippen LogP contribution >= 0.6 is 0 Å². The van der Waals surface area contributed by atoms with Crippen LogP contribution in [0.2, 0.25) is 0 Å². The Hall–Kier alpha value is -1.34. The van der Waals surface area contributed by atoms with Crippen molar-refractivity contribution in [1.29, 1.82) is 0 Å². The Bertz CT molecular complexity index is 468. The van der Waals surface area contributed by atoms with E-state index in [9.17, 15) is 0 Å². The maximum atomic E-state index is 5.87. The SMILES string of the molecule is CC(N)CC(C)c1cccc2ccccc12. The van der Waals surface area contributed by atoms with Gasteiger partial charge < -0.3 is 5.73 Å². The van der Waals surface area contributed by atoms with Crippen LogP contribution in [-0.2, 0) is 0 Å². The number of hydrogen-bond acceptors (Lipinski definition) is 1. The van der Waals surface area contributed by atoms with E-state index < -0.39 is 0 Å². The summed E-state index contributed by atoms with van der Waals surface area (Å²) in [5, 5.41) is 2.68. The lowest BCUT2D eigenvalue weighted by atomic mass is 9.90. The first-order valence-corrected chi connectivity index (χ1v) is 5.91. The Balaban J connectivity index is 2.44. The molecule has 84 valence electrons. The summed E-state index contributed by atoms with van der Waals surface area (Å²) >= 11 is 0. The maximum Gasteiger partial charge on any atom is 0.00162 e. The van der Waals surface area contributed by atoms with Crippen LogP contribution in [0, 0.1) is 0 Å². The van der Waals surface area contributed by atoms with E-state index in [1.165, 1.54) is 16.3 Å². The summed E-state index contributed by atoms with van der Waals surface area (Å²) in [5.41, 5.74) is 7.29. The highest BCUT2D eigenvalue weighted by atomic mass is 14.6. The van der Waals surface area contributed by atoms with E-state index >= 15 is 0 Å². The van der Waals surface area contributed by atoms with Crippen molar-refractivity contribution in [3.05, 3.63) is 48.0 Å². The van der Waals surface area contributed by atoms with Gasteiger partial charge in [0.25, 0.3) is 0 Å². The minimum absolute atomic E-state index is 0.258. The molecule has 2 atom stereocenters. The molecule has 2 rings (SSSR count). The minimum Gasteiger partial charge on any atom is -0.328 e. The highest BCUT2D eigenvalue weighted by Gasteiger charge is 2.10. The molecule has 0 spiro atoms. The van der Waals surface area contributed by atoms with Crippen molar-refractivity contribution in [1.82, 2.24) is 0 Å². The predicted octanol–water partition coefficient (Wildman–Crippen LogP) is 3.68. The van der Waals surface area contributed by atoms with Gasteiger partial charge in [-0.1, -0.05) is 49.4 Å². The first kappa shape index (κ1) is 11.2. The first-order chi connectivity index (χ1) is 7.68. The van der Waals surface area contributed by atoms with Gasteiger partial charge in [-0.05, 0) is 35.6 Å². The molecular weight excluding hydrogens is 194 g/mol. The van der Waals surface area contributed by atoms with Crippen LogP contribution in [0.3, 0.4) is 0 Å². The van der Waals surface area contributed by atoms with Crippen molar-refractivity contribution in [2.45, 2.75) is 32.2 Å². The Morgan fingerprint density at radius 1 is 1.00 bits per heavy atom. The summed E-state index contributed by atoms with van der Waals surface area (Å²) in [7, 11) is 0. The molecule has 2 aromatic carbocycles. The van der Waals surface area contributed by atoms with Gasteiger partial charge in [-0.15, -0.1) is 0 Å². The highest BCUT2D eigenvalue weighted by Crippen LogP contribution is 2.27. The van der Waals surface area contributed by atoms with Gasteiger partial charge in [-0.2, -0.15) is 0 Å². The van der Waals surface area contributed by atoms with Crippen LogP contribution in [0.1, 0.15) is 31.7 Å². The molecule has 1 heteroatoms. The number of hydrogen-bond donors (Lipinski definition) is 1. The topological polar surface area (TPSA) is 26.0 Å². The van der Waals surface area contributed by atoms with Crippen LogP contribution in [0.15, 0.2) is 42.5 Å². The van der Waals surface area contributed by atoms with E-state index in [4.69, 9.17) is 5.73 Å². The fraction of sp³-hybridized carbons (Fsp3) is 0.333. The van der Waals surface area contributed by atoms with Crippen molar-refractivity contribution in [2.75, 3.05) is 0 Å². The predicted molar refractivity (Wildman–Crippen MR) is 70.6 cm³/mol. The highest BCUT2D eigenvalue weighted by molar-refractivity contribution is 5.86. The molecule has 0 amide bonds. The number of nitrogens with two attached hydrogens (primary N) is 1. The van der Waals surface area contributed by atoms with E-state index in [-0.39, 0.29) is 6.04 Å². The average Bonchev–Trinajstić information content (AvgIpc) is 2.27. The molecule has 0 bridgehead atoms. The zero-order valence-corrected chi connectivity index (χ0v) is 9.98. The summed E-state index contributed by atoms with van der Waals surface area (Å²) in [4.78, 5) is 0. The van der Waals surface area contributed by atoms with Gasteiger partial charge in [0.05, 0.1) is 0 Å². The first-order valence-electron chi connectivity index (χ1n) is 5.91. The Kier molecular flexibility index (Phi) is 3.25. The molecule has 1 nitrogen and oxygen atoms in total. The van der Waals surface area contributed by atoms with E-state index in [1.54, 1.807) is 0 Å². The molecule has 0 saturated carbocycles. The second kappa shape index (κ2) is 4.67. The zero-order valence-electron chi connectivity index (χ0n) is 9.98. The van der Waals surface area contributed by atoms with Gasteiger partial charge in [-0.25, -0.2) is 0 Å². The van der Waals surface area contributed by atoms with Crippen LogP contribution in [0.5, 0.6) is 0 Å².